The topological polar surface area (TPSA) is 59.9 Å². The van der Waals surface area contributed by atoms with Gasteiger partial charge in [-0.3, -0.25) is 4.79 Å². The third-order valence-corrected chi connectivity index (χ3v) is 4.19. The van der Waals surface area contributed by atoms with E-state index >= 15 is 0 Å². The van der Waals surface area contributed by atoms with Crippen LogP contribution in [0.4, 0.5) is 0 Å². The zero-order valence-electron chi connectivity index (χ0n) is 12.2. The van der Waals surface area contributed by atoms with Crippen LogP contribution in [0.15, 0.2) is 34.7 Å². The van der Waals surface area contributed by atoms with E-state index in [2.05, 4.69) is 17.5 Å². The normalized spacial score (nSPS) is 12.8. The van der Waals surface area contributed by atoms with Crippen molar-refractivity contribution < 1.29 is 14.3 Å². The molecule has 0 radical (unpaired) electrons. The Hall–Kier alpha value is -2.34. The van der Waals surface area contributed by atoms with Gasteiger partial charge in [-0.1, -0.05) is 13.3 Å². The van der Waals surface area contributed by atoms with Crippen LogP contribution in [0.3, 0.4) is 0 Å². The standard InChI is InChI=1S/C16H16N2O3S/c1-2-3-13-7-12(9-22-13)16(19)18-17-8-11-4-5-14-15(6-11)21-10-20-14/h4-9H,2-3,10H2,1H3,(H,18,19)/b17-8+. The number of rotatable bonds is 5. The first-order chi connectivity index (χ1) is 10.8. The number of ether oxygens (including phenoxy) is 2. The lowest BCUT2D eigenvalue weighted by Crippen LogP contribution is -2.16. The number of fused-ring (bicyclic) bond motifs is 1. The Kier molecular flexibility index (Phi) is 4.39. The SMILES string of the molecule is CCCc1cc(C(=O)N/N=C/c2ccc3c(c2)OCO3)cs1. The van der Waals surface area contributed by atoms with Crippen LogP contribution < -0.4 is 14.9 Å². The number of nitrogens with one attached hydrogen (secondary N) is 1. The number of carbonyl (C=O) groups is 1. The van der Waals surface area contributed by atoms with Crippen LogP contribution in [0, 0.1) is 0 Å². The summed E-state index contributed by atoms with van der Waals surface area (Å²) >= 11 is 1.60. The predicted octanol–water partition coefficient (Wildman–Crippen LogP) is 3.19. The summed E-state index contributed by atoms with van der Waals surface area (Å²) in [4.78, 5) is 13.2. The predicted molar refractivity (Wildman–Crippen MR) is 85.9 cm³/mol. The molecule has 0 saturated carbocycles. The van der Waals surface area contributed by atoms with Gasteiger partial charge in [0.25, 0.3) is 5.91 Å². The second-order valence-electron chi connectivity index (χ2n) is 4.86. The second kappa shape index (κ2) is 6.62. The number of benzene rings is 1. The fourth-order valence-corrected chi connectivity index (χ4v) is 3.07. The molecule has 6 heteroatoms. The van der Waals surface area contributed by atoms with Crippen LogP contribution in [0.25, 0.3) is 0 Å². The van der Waals surface area contributed by atoms with Crippen molar-refractivity contribution >= 4 is 23.5 Å². The van der Waals surface area contributed by atoms with E-state index < -0.39 is 0 Å². The van der Waals surface area contributed by atoms with Gasteiger partial charge >= 0.3 is 0 Å². The van der Waals surface area contributed by atoms with E-state index in [1.165, 1.54) is 4.88 Å². The molecule has 0 fully saturated rings. The first-order valence-electron chi connectivity index (χ1n) is 7.06. The van der Waals surface area contributed by atoms with E-state index in [1.54, 1.807) is 17.6 Å². The number of hydrazone groups is 1. The molecule has 3 rings (SSSR count). The van der Waals surface area contributed by atoms with E-state index in [0.717, 1.165) is 24.2 Å². The number of aryl methyl sites for hydroxylation is 1. The Balaban J connectivity index is 1.60. The number of thiophene rings is 1. The quantitative estimate of drug-likeness (QED) is 0.681. The van der Waals surface area contributed by atoms with Gasteiger partial charge in [0.2, 0.25) is 6.79 Å². The summed E-state index contributed by atoms with van der Waals surface area (Å²) in [7, 11) is 0. The maximum Gasteiger partial charge on any atom is 0.272 e. The minimum Gasteiger partial charge on any atom is -0.454 e. The molecular weight excluding hydrogens is 300 g/mol. The fourth-order valence-electron chi connectivity index (χ4n) is 2.10. The molecule has 2 aromatic rings. The average molecular weight is 316 g/mol. The van der Waals surface area contributed by atoms with Crippen molar-refractivity contribution in [1.82, 2.24) is 5.43 Å². The Morgan fingerprint density at radius 2 is 2.23 bits per heavy atom. The van der Waals surface area contributed by atoms with Gasteiger partial charge in [-0.25, -0.2) is 5.43 Å². The third kappa shape index (κ3) is 3.28. The number of nitrogens with zero attached hydrogens (tertiary/aromatic N) is 1. The Morgan fingerprint density at radius 3 is 3.09 bits per heavy atom. The summed E-state index contributed by atoms with van der Waals surface area (Å²) in [6.07, 6.45) is 3.65. The van der Waals surface area contributed by atoms with Gasteiger partial charge in [0.1, 0.15) is 0 Å². The fraction of sp³-hybridized carbons (Fsp3) is 0.250. The van der Waals surface area contributed by atoms with Crippen molar-refractivity contribution in [2.75, 3.05) is 6.79 Å². The summed E-state index contributed by atoms with van der Waals surface area (Å²) in [5.41, 5.74) is 4.02. The van der Waals surface area contributed by atoms with E-state index in [4.69, 9.17) is 9.47 Å². The van der Waals surface area contributed by atoms with Crippen molar-refractivity contribution in [2.24, 2.45) is 5.10 Å². The summed E-state index contributed by atoms with van der Waals surface area (Å²) in [5.74, 6) is 1.22. The van der Waals surface area contributed by atoms with Gasteiger partial charge in [0.05, 0.1) is 11.8 Å². The smallest absolute Gasteiger partial charge is 0.272 e. The minimum absolute atomic E-state index is 0.199. The van der Waals surface area contributed by atoms with Crippen molar-refractivity contribution in [1.29, 1.82) is 0 Å². The molecule has 1 aromatic heterocycles. The molecule has 0 spiro atoms. The second-order valence-corrected chi connectivity index (χ2v) is 5.86. The molecular formula is C16H16N2O3S. The van der Waals surface area contributed by atoms with Crippen molar-refractivity contribution in [3.8, 4) is 11.5 Å². The first-order valence-corrected chi connectivity index (χ1v) is 7.94. The highest BCUT2D eigenvalue weighted by atomic mass is 32.1. The monoisotopic (exact) mass is 316 g/mol. The molecule has 1 aliphatic heterocycles. The van der Waals surface area contributed by atoms with Gasteiger partial charge in [-0.15, -0.1) is 11.3 Å². The minimum atomic E-state index is -0.199. The Labute approximate surface area is 132 Å². The maximum atomic E-state index is 12.0. The molecule has 0 unspecified atom stereocenters. The largest absolute Gasteiger partial charge is 0.454 e. The van der Waals surface area contributed by atoms with Crippen LogP contribution in [0.2, 0.25) is 0 Å². The highest BCUT2D eigenvalue weighted by molar-refractivity contribution is 7.10. The third-order valence-electron chi connectivity index (χ3n) is 3.19. The van der Waals surface area contributed by atoms with Gasteiger partial charge in [0, 0.05) is 10.3 Å². The summed E-state index contributed by atoms with van der Waals surface area (Å²) in [6, 6.07) is 7.41. The van der Waals surface area contributed by atoms with Crippen LogP contribution in [0.5, 0.6) is 11.5 Å². The van der Waals surface area contributed by atoms with Gasteiger partial charge in [0.15, 0.2) is 11.5 Å². The zero-order valence-corrected chi connectivity index (χ0v) is 13.0. The van der Waals surface area contributed by atoms with Gasteiger partial charge < -0.3 is 9.47 Å². The molecule has 2 heterocycles. The lowest BCUT2D eigenvalue weighted by atomic mass is 10.2. The van der Waals surface area contributed by atoms with Crippen molar-refractivity contribution in [2.45, 2.75) is 19.8 Å². The van der Waals surface area contributed by atoms with Crippen molar-refractivity contribution in [3.05, 3.63) is 45.6 Å². The molecule has 1 amide bonds. The molecule has 1 aromatic carbocycles. The first kappa shape index (κ1) is 14.6. The molecule has 1 N–H and O–H groups in total. The van der Waals surface area contributed by atoms with Crippen LogP contribution in [-0.2, 0) is 6.42 Å². The van der Waals surface area contributed by atoms with Crippen molar-refractivity contribution in [3.63, 3.8) is 0 Å². The molecule has 22 heavy (non-hydrogen) atoms. The number of carbonyl (C=O) groups excluding carboxylic acids is 1. The average Bonchev–Trinajstić information content (AvgIpc) is 3.16. The van der Waals surface area contributed by atoms with Crippen LogP contribution >= 0.6 is 11.3 Å². The number of hydrogen-bond acceptors (Lipinski definition) is 5. The zero-order chi connectivity index (χ0) is 15.4. The molecule has 1 aliphatic rings. The highest BCUT2D eigenvalue weighted by Crippen LogP contribution is 2.31. The van der Waals surface area contributed by atoms with Crippen LogP contribution in [-0.4, -0.2) is 18.9 Å². The number of amides is 1. The molecule has 0 saturated heterocycles. The van der Waals surface area contributed by atoms with E-state index in [9.17, 15) is 4.79 Å². The van der Waals surface area contributed by atoms with E-state index in [0.29, 0.717) is 11.3 Å². The summed E-state index contributed by atoms with van der Waals surface area (Å²) < 4.78 is 10.5. The molecule has 114 valence electrons. The molecule has 0 atom stereocenters. The lowest BCUT2D eigenvalue weighted by molar-refractivity contribution is 0.0955. The van der Waals surface area contributed by atoms with E-state index in [-0.39, 0.29) is 12.7 Å². The number of hydrogen-bond donors (Lipinski definition) is 1. The Bertz CT molecular complexity index is 709. The van der Waals surface area contributed by atoms with Crippen LogP contribution in [0.1, 0.15) is 34.1 Å². The van der Waals surface area contributed by atoms with E-state index in [1.807, 2.05) is 29.6 Å². The Morgan fingerprint density at radius 1 is 1.36 bits per heavy atom. The summed E-state index contributed by atoms with van der Waals surface area (Å²) in [5, 5.41) is 5.84. The summed E-state index contributed by atoms with van der Waals surface area (Å²) in [6.45, 7) is 2.36. The lowest BCUT2D eigenvalue weighted by Gasteiger charge is -1.98. The molecule has 0 aliphatic carbocycles. The van der Waals surface area contributed by atoms with Gasteiger partial charge in [-0.05, 0) is 36.2 Å². The highest BCUT2D eigenvalue weighted by Gasteiger charge is 2.12. The van der Waals surface area contributed by atoms with Gasteiger partial charge in [-0.2, -0.15) is 5.10 Å². The maximum absolute atomic E-state index is 12.0. The molecule has 0 bridgehead atoms. The molecule has 5 nitrogen and oxygen atoms in total.